The molecule has 1 fully saturated rings. The molecule has 4 rings (SSSR count). The number of benzene rings is 1. The molecule has 26 heavy (non-hydrogen) atoms. The molecule has 2 aliphatic heterocycles. The molecule has 0 unspecified atom stereocenters. The predicted octanol–water partition coefficient (Wildman–Crippen LogP) is 0.789. The van der Waals surface area contributed by atoms with Gasteiger partial charge in [-0.3, -0.25) is 4.79 Å². The monoisotopic (exact) mass is 395 g/mol. The lowest BCUT2D eigenvalue weighted by atomic mass is 10.2. The summed E-state index contributed by atoms with van der Waals surface area (Å²) in [6, 6.07) is 6.26. The quantitative estimate of drug-likeness (QED) is 0.661. The molecule has 3 heterocycles. The Labute approximate surface area is 154 Å². The molecule has 1 aromatic heterocycles. The highest BCUT2D eigenvalue weighted by molar-refractivity contribution is 7.99. The van der Waals surface area contributed by atoms with E-state index in [0.717, 1.165) is 23.8 Å². The number of tetrazole rings is 1. The maximum Gasteiger partial charge on any atom is 0.269 e. The van der Waals surface area contributed by atoms with Gasteiger partial charge in [-0.2, -0.15) is 0 Å². The van der Waals surface area contributed by atoms with Crippen molar-refractivity contribution >= 4 is 27.7 Å². The maximum absolute atomic E-state index is 12.5. The first-order valence-electron chi connectivity index (χ1n) is 8.24. The van der Waals surface area contributed by atoms with Crippen molar-refractivity contribution in [3.8, 4) is 0 Å². The zero-order chi connectivity index (χ0) is 18.1. The summed E-state index contributed by atoms with van der Waals surface area (Å²) in [7, 11) is -3.77. The van der Waals surface area contributed by atoms with Crippen molar-refractivity contribution in [2.24, 2.45) is 0 Å². The number of hydrogen-bond acceptors (Lipinski definition) is 8. The molecular formula is C15H17N5O4S2. The molecule has 0 aliphatic carbocycles. The lowest BCUT2D eigenvalue weighted by molar-refractivity contribution is 0.0876. The fraction of sp³-hybridized carbons (Fsp3) is 0.467. The molecule has 1 aromatic carbocycles. The number of aromatic nitrogens is 4. The number of fused-ring (bicyclic) bond motifs is 1. The first-order valence-corrected chi connectivity index (χ1v) is 10.7. The van der Waals surface area contributed by atoms with E-state index in [-0.39, 0.29) is 23.1 Å². The van der Waals surface area contributed by atoms with Crippen LogP contribution in [0.3, 0.4) is 0 Å². The second-order valence-electron chi connectivity index (χ2n) is 6.01. The summed E-state index contributed by atoms with van der Waals surface area (Å²) < 4.78 is 33.2. The van der Waals surface area contributed by atoms with Gasteiger partial charge >= 0.3 is 0 Å². The van der Waals surface area contributed by atoms with Gasteiger partial charge in [0.2, 0.25) is 5.16 Å². The van der Waals surface area contributed by atoms with Crippen LogP contribution in [0, 0.1) is 0 Å². The van der Waals surface area contributed by atoms with E-state index in [1.165, 1.54) is 23.9 Å². The van der Waals surface area contributed by atoms with Crippen LogP contribution >= 0.6 is 11.8 Å². The number of nitrogens with zero attached hydrogens (tertiary/aromatic N) is 5. The highest BCUT2D eigenvalue weighted by Crippen LogP contribution is 2.30. The molecule has 2 aromatic rings. The zero-order valence-electron chi connectivity index (χ0n) is 13.8. The van der Waals surface area contributed by atoms with Crippen LogP contribution in [0.4, 0.5) is 0 Å². The Balaban J connectivity index is 1.40. The molecule has 9 nitrogen and oxygen atoms in total. The van der Waals surface area contributed by atoms with Gasteiger partial charge in [-0.1, -0.05) is 23.9 Å². The number of rotatable bonds is 6. The molecule has 1 saturated heterocycles. The van der Waals surface area contributed by atoms with Gasteiger partial charge in [0.15, 0.2) is 0 Å². The van der Waals surface area contributed by atoms with Crippen LogP contribution in [0.2, 0.25) is 0 Å². The van der Waals surface area contributed by atoms with Crippen molar-refractivity contribution < 1.29 is 17.9 Å². The summed E-state index contributed by atoms with van der Waals surface area (Å²) in [5.74, 6) is -0.120. The first kappa shape index (κ1) is 17.4. The SMILES string of the molecule is O=C1c2ccccc2S(=O)(=O)N1CCSc1nnnn1C[C@H]1CCCO1. The van der Waals surface area contributed by atoms with Crippen LogP contribution in [0.25, 0.3) is 0 Å². The smallest absolute Gasteiger partial charge is 0.269 e. The third-order valence-electron chi connectivity index (χ3n) is 4.34. The number of thioether (sulfide) groups is 1. The molecule has 0 spiro atoms. The van der Waals surface area contributed by atoms with Gasteiger partial charge < -0.3 is 4.74 Å². The van der Waals surface area contributed by atoms with E-state index >= 15 is 0 Å². The number of sulfonamides is 1. The van der Waals surface area contributed by atoms with Gasteiger partial charge in [-0.25, -0.2) is 17.4 Å². The van der Waals surface area contributed by atoms with Crippen LogP contribution in [0.5, 0.6) is 0 Å². The largest absolute Gasteiger partial charge is 0.376 e. The van der Waals surface area contributed by atoms with Crippen LogP contribution in [0.15, 0.2) is 34.3 Å². The van der Waals surface area contributed by atoms with Crippen LogP contribution < -0.4 is 0 Å². The van der Waals surface area contributed by atoms with Crippen LogP contribution in [0.1, 0.15) is 23.2 Å². The second-order valence-corrected chi connectivity index (χ2v) is 8.90. The van der Waals surface area contributed by atoms with E-state index in [4.69, 9.17) is 4.74 Å². The van der Waals surface area contributed by atoms with Crippen molar-refractivity contribution in [2.75, 3.05) is 18.9 Å². The molecule has 0 saturated carbocycles. The maximum atomic E-state index is 12.5. The predicted molar refractivity (Wildman–Crippen MR) is 92.2 cm³/mol. The van der Waals surface area contributed by atoms with Gasteiger partial charge in [0.25, 0.3) is 15.9 Å². The van der Waals surface area contributed by atoms with E-state index in [1.54, 1.807) is 16.8 Å². The van der Waals surface area contributed by atoms with E-state index in [2.05, 4.69) is 15.5 Å². The van der Waals surface area contributed by atoms with Gasteiger partial charge in [0.1, 0.15) is 4.90 Å². The average Bonchev–Trinajstić information content (AvgIpc) is 3.34. The third-order valence-corrected chi connectivity index (χ3v) is 7.11. The molecule has 0 N–H and O–H groups in total. The molecule has 0 bridgehead atoms. The Morgan fingerprint density at radius 3 is 2.92 bits per heavy atom. The van der Waals surface area contributed by atoms with Crippen molar-refractivity contribution in [3.63, 3.8) is 0 Å². The molecule has 0 radical (unpaired) electrons. The van der Waals surface area contributed by atoms with E-state index in [9.17, 15) is 13.2 Å². The summed E-state index contributed by atoms with van der Waals surface area (Å²) in [6.45, 7) is 1.39. The Morgan fingerprint density at radius 2 is 2.15 bits per heavy atom. The summed E-state index contributed by atoms with van der Waals surface area (Å²) >= 11 is 1.32. The molecular weight excluding hydrogens is 378 g/mol. The number of hydrogen-bond donors (Lipinski definition) is 0. The van der Waals surface area contributed by atoms with Gasteiger partial charge in [0.05, 0.1) is 18.2 Å². The summed E-state index contributed by atoms with van der Waals surface area (Å²) in [5, 5.41) is 12.2. The minimum absolute atomic E-state index is 0.0628. The highest BCUT2D eigenvalue weighted by atomic mass is 32.2. The number of amides is 1. The summed E-state index contributed by atoms with van der Waals surface area (Å²) in [5.41, 5.74) is 0.223. The van der Waals surface area contributed by atoms with E-state index in [1.807, 2.05) is 0 Å². The van der Waals surface area contributed by atoms with Gasteiger partial charge in [-0.15, -0.1) is 5.10 Å². The lowest BCUT2D eigenvalue weighted by Gasteiger charge is -2.14. The van der Waals surface area contributed by atoms with Crippen LogP contribution in [-0.4, -0.2) is 63.8 Å². The third kappa shape index (κ3) is 3.10. The van der Waals surface area contributed by atoms with Crippen molar-refractivity contribution in [2.45, 2.75) is 35.5 Å². The zero-order valence-corrected chi connectivity index (χ0v) is 15.4. The lowest BCUT2D eigenvalue weighted by Crippen LogP contribution is -2.32. The van der Waals surface area contributed by atoms with Crippen molar-refractivity contribution in [3.05, 3.63) is 29.8 Å². The van der Waals surface area contributed by atoms with E-state index < -0.39 is 15.9 Å². The van der Waals surface area contributed by atoms with Gasteiger partial charge in [0, 0.05) is 18.9 Å². The topological polar surface area (TPSA) is 107 Å². The Hall–Kier alpha value is -1.98. The number of carbonyl (C=O) groups excluding carboxylic acids is 1. The molecule has 1 atom stereocenters. The molecule has 2 aliphatic rings. The normalized spacial score (nSPS) is 21.3. The Kier molecular flexibility index (Phi) is 4.67. The summed E-state index contributed by atoms with van der Waals surface area (Å²) in [4.78, 5) is 12.4. The Morgan fingerprint density at radius 1 is 1.31 bits per heavy atom. The summed E-state index contributed by atoms with van der Waals surface area (Å²) in [6.07, 6.45) is 2.11. The molecule has 11 heteroatoms. The van der Waals surface area contributed by atoms with Gasteiger partial charge in [-0.05, 0) is 35.4 Å². The van der Waals surface area contributed by atoms with Crippen molar-refractivity contribution in [1.29, 1.82) is 0 Å². The van der Waals surface area contributed by atoms with Crippen LogP contribution in [-0.2, 0) is 21.3 Å². The fourth-order valence-electron chi connectivity index (χ4n) is 3.07. The van der Waals surface area contributed by atoms with Crippen molar-refractivity contribution in [1.82, 2.24) is 24.5 Å². The standard InChI is InChI=1S/C15H17N5O4S2/c21-14-12-5-1-2-6-13(12)26(22,23)20(14)7-9-25-15-16-17-18-19(15)10-11-4-3-8-24-11/h1-2,5-6,11H,3-4,7-10H2/t11-/m1/s1. The molecule has 1 amide bonds. The average molecular weight is 395 g/mol. The Bertz CT molecular complexity index is 924. The first-order chi connectivity index (χ1) is 12.6. The molecule has 138 valence electrons. The second kappa shape index (κ2) is 6.97. The minimum Gasteiger partial charge on any atom is -0.376 e. The number of carbonyl (C=O) groups is 1. The minimum atomic E-state index is -3.77. The highest BCUT2D eigenvalue weighted by Gasteiger charge is 2.40. The van der Waals surface area contributed by atoms with E-state index in [0.29, 0.717) is 17.5 Å². The number of ether oxygens (including phenoxy) is 1. The fourth-order valence-corrected chi connectivity index (χ4v) is 5.56.